The number of aromatic amines is 1. The van der Waals surface area contributed by atoms with Gasteiger partial charge < -0.3 is 10.3 Å². The second-order valence-electron chi connectivity index (χ2n) is 7.70. The summed E-state index contributed by atoms with van der Waals surface area (Å²) in [5.74, 6) is 0.799. The van der Waals surface area contributed by atoms with Crippen molar-refractivity contribution < 1.29 is 4.79 Å². The summed E-state index contributed by atoms with van der Waals surface area (Å²) in [4.78, 5) is 27.4. The van der Waals surface area contributed by atoms with Crippen LogP contribution in [0, 0.1) is 6.92 Å². The molecule has 1 fully saturated rings. The molecular formula is C23H27N5O. The summed E-state index contributed by atoms with van der Waals surface area (Å²) in [6.45, 7) is 3.41. The van der Waals surface area contributed by atoms with Gasteiger partial charge in [-0.05, 0) is 45.5 Å². The summed E-state index contributed by atoms with van der Waals surface area (Å²) in [6, 6.07) is 14.1. The van der Waals surface area contributed by atoms with Crippen LogP contribution >= 0.6 is 0 Å². The molecule has 3 aromatic rings. The van der Waals surface area contributed by atoms with Crippen molar-refractivity contribution in [1.82, 2.24) is 25.2 Å². The molecule has 150 valence electrons. The zero-order valence-electron chi connectivity index (χ0n) is 17.0. The number of benzene rings is 1. The van der Waals surface area contributed by atoms with Crippen molar-refractivity contribution in [3.8, 4) is 22.6 Å². The lowest BCUT2D eigenvalue weighted by atomic mass is 10.0. The molecule has 1 aromatic carbocycles. The standard InChI is InChI=1S/C23H27N5O/c1-16-9-11-17(12-10-16)21-22(18-7-3-5-13-24-18)27-20(26-21)15-25-23(29)19-8-4-6-14-28(19)2/h3,5,7,9-13,19H,4,6,8,14-15H2,1-2H3,(H,25,29)(H,26,27)/t19-/m0/s1. The predicted molar refractivity (Wildman–Crippen MR) is 114 cm³/mol. The van der Waals surface area contributed by atoms with E-state index >= 15 is 0 Å². The first-order valence-electron chi connectivity index (χ1n) is 10.2. The predicted octanol–water partition coefficient (Wildman–Crippen LogP) is 3.55. The maximum absolute atomic E-state index is 12.6. The van der Waals surface area contributed by atoms with E-state index in [0.717, 1.165) is 54.3 Å². The smallest absolute Gasteiger partial charge is 0.237 e. The van der Waals surface area contributed by atoms with Gasteiger partial charge in [-0.3, -0.25) is 14.7 Å². The maximum atomic E-state index is 12.6. The number of hydrogen-bond acceptors (Lipinski definition) is 4. The van der Waals surface area contributed by atoms with E-state index in [2.05, 4.69) is 51.4 Å². The third-order valence-electron chi connectivity index (χ3n) is 5.50. The molecule has 1 atom stereocenters. The molecule has 29 heavy (non-hydrogen) atoms. The Kier molecular flexibility index (Phi) is 5.71. The number of piperidine rings is 1. The fourth-order valence-electron chi connectivity index (χ4n) is 3.82. The van der Waals surface area contributed by atoms with Crippen LogP contribution in [-0.4, -0.2) is 45.4 Å². The van der Waals surface area contributed by atoms with E-state index in [9.17, 15) is 4.79 Å². The number of likely N-dealkylation sites (tertiary alicyclic amines) is 1. The molecule has 1 aliphatic rings. The fraction of sp³-hybridized carbons (Fsp3) is 0.348. The van der Waals surface area contributed by atoms with Crippen molar-refractivity contribution >= 4 is 5.91 Å². The van der Waals surface area contributed by atoms with Gasteiger partial charge in [0.2, 0.25) is 5.91 Å². The van der Waals surface area contributed by atoms with E-state index in [-0.39, 0.29) is 11.9 Å². The lowest BCUT2D eigenvalue weighted by molar-refractivity contribution is -0.127. The van der Waals surface area contributed by atoms with Gasteiger partial charge in [0.25, 0.3) is 0 Å². The number of pyridine rings is 1. The van der Waals surface area contributed by atoms with Gasteiger partial charge in [0.05, 0.1) is 29.7 Å². The Morgan fingerprint density at radius 2 is 2.03 bits per heavy atom. The van der Waals surface area contributed by atoms with Gasteiger partial charge in [-0.1, -0.05) is 42.3 Å². The Bertz CT molecular complexity index is 965. The van der Waals surface area contributed by atoms with Crippen LogP contribution in [0.4, 0.5) is 0 Å². The molecule has 1 saturated heterocycles. The van der Waals surface area contributed by atoms with Crippen LogP contribution < -0.4 is 5.32 Å². The molecule has 6 nitrogen and oxygen atoms in total. The minimum atomic E-state index is -0.0504. The molecule has 2 aromatic heterocycles. The van der Waals surface area contributed by atoms with Crippen molar-refractivity contribution in [1.29, 1.82) is 0 Å². The third-order valence-corrected chi connectivity index (χ3v) is 5.50. The number of carbonyl (C=O) groups is 1. The molecule has 0 saturated carbocycles. The third kappa shape index (κ3) is 4.38. The van der Waals surface area contributed by atoms with Gasteiger partial charge in [0, 0.05) is 11.8 Å². The summed E-state index contributed by atoms with van der Waals surface area (Å²) in [5.41, 5.74) is 4.78. The molecule has 3 heterocycles. The second kappa shape index (κ2) is 8.57. The molecular weight excluding hydrogens is 362 g/mol. The number of rotatable bonds is 5. The van der Waals surface area contributed by atoms with E-state index in [1.54, 1.807) is 6.20 Å². The number of carbonyl (C=O) groups excluding carboxylic acids is 1. The zero-order valence-corrected chi connectivity index (χ0v) is 17.0. The number of H-pyrrole nitrogens is 1. The maximum Gasteiger partial charge on any atom is 0.237 e. The fourth-order valence-corrected chi connectivity index (χ4v) is 3.82. The van der Waals surface area contributed by atoms with Crippen LogP contribution in [0.5, 0.6) is 0 Å². The number of nitrogens with zero attached hydrogens (tertiary/aromatic N) is 3. The quantitative estimate of drug-likeness (QED) is 0.700. The highest BCUT2D eigenvalue weighted by atomic mass is 16.2. The topological polar surface area (TPSA) is 73.9 Å². The highest BCUT2D eigenvalue weighted by molar-refractivity contribution is 5.82. The van der Waals surface area contributed by atoms with Crippen molar-refractivity contribution in [2.24, 2.45) is 0 Å². The molecule has 1 aliphatic heterocycles. The zero-order chi connectivity index (χ0) is 20.2. The summed E-state index contributed by atoms with van der Waals surface area (Å²) in [6.07, 6.45) is 4.94. The number of nitrogens with one attached hydrogen (secondary N) is 2. The SMILES string of the molecule is Cc1ccc(-c2nc(CNC(=O)[C@@H]3CCCCN3C)[nH]c2-c2ccccn2)cc1. The molecule has 0 unspecified atom stereocenters. The Hall–Kier alpha value is -2.99. The number of imidazole rings is 1. The monoisotopic (exact) mass is 389 g/mol. The van der Waals surface area contributed by atoms with Gasteiger partial charge in [-0.15, -0.1) is 0 Å². The average molecular weight is 390 g/mol. The lowest BCUT2D eigenvalue weighted by Gasteiger charge is -2.31. The van der Waals surface area contributed by atoms with Crippen LogP contribution in [0.25, 0.3) is 22.6 Å². The van der Waals surface area contributed by atoms with E-state index in [1.807, 2.05) is 25.2 Å². The van der Waals surface area contributed by atoms with Crippen LogP contribution in [0.15, 0.2) is 48.7 Å². The number of amides is 1. The minimum Gasteiger partial charge on any atom is -0.348 e. The molecule has 0 aliphatic carbocycles. The second-order valence-corrected chi connectivity index (χ2v) is 7.70. The lowest BCUT2D eigenvalue weighted by Crippen LogP contribution is -2.47. The molecule has 0 bridgehead atoms. The largest absolute Gasteiger partial charge is 0.348 e. The van der Waals surface area contributed by atoms with E-state index < -0.39 is 0 Å². The van der Waals surface area contributed by atoms with Gasteiger partial charge in [0.15, 0.2) is 0 Å². The molecule has 0 spiro atoms. The Balaban J connectivity index is 1.58. The van der Waals surface area contributed by atoms with Crippen molar-refractivity contribution in [3.63, 3.8) is 0 Å². The average Bonchev–Trinajstić information content (AvgIpc) is 3.18. The van der Waals surface area contributed by atoms with Crippen LogP contribution in [0.3, 0.4) is 0 Å². The first kappa shape index (κ1) is 19.3. The van der Waals surface area contributed by atoms with E-state index in [1.165, 1.54) is 5.56 Å². The highest BCUT2D eigenvalue weighted by Gasteiger charge is 2.26. The highest BCUT2D eigenvalue weighted by Crippen LogP contribution is 2.29. The Morgan fingerprint density at radius 1 is 1.21 bits per heavy atom. The van der Waals surface area contributed by atoms with Crippen LogP contribution in [0.2, 0.25) is 0 Å². The van der Waals surface area contributed by atoms with Gasteiger partial charge >= 0.3 is 0 Å². The van der Waals surface area contributed by atoms with Gasteiger partial charge in [0.1, 0.15) is 5.82 Å². The molecule has 0 radical (unpaired) electrons. The molecule has 4 rings (SSSR count). The van der Waals surface area contributed by atoms with Crippen LogP contribution in [-0.2, 0) is 11.3 Å². The number of hydrogen-bond donors (Lipinski definition) is 2. The molecule has 2 N–H and O–H groups in total. The Labute approximate surface area is 171 Å². The van der Waals surface area contributed by atoms with E-state index in [0.29, 0.717) is 6.54 Å². The normalized spacial score (nSPS) is 17.2. The van der Waals surface area contributed by atoms with Crippen molar-refractivity contribution in [3.05, 3.63) is 60.0 Å². The van der Waals surface area contributed by atoms with Gasteiger partial charge in [-0.25, -0.2) is 4.98 Å². The summed E-state index contributed by atoms with van der Waals surface area (Å²) in [5, 5.41) is 3.06. The summed E-state index contributed by atoms with van der Waals surface area (Å²) >= 11 is 0. The van der Waals surface area contributed by atoms with Gasteiger partial charge in [-0.2, -0.15) is 0 Å². The van der Waals surface area contributed by atoms with Crippen LogP contribution in [0.1, 0.15) is 30.7 Å². The van der Waals surface area contributed by atoms with Crippen molar-refractivity contribution in [2.45, 2.75) is 38.8 Å². The Morgan fingerprint density at radius 3 is 2.76 bits per heavy atom. The van der Waals surface area contributed by atoms with E-state index in [4.69, 9.17) is 4.98 Å². The first-order valence-corrected chi connectivity index (χ1v) is 10.2. The number of likely N-dealkylation sites (N-methyl/N-ethyl adjacent to an activating group) is 1. The first-order chi connectivity index (χ1) is 14.1. The minimum absolute atomic E-state index is 0.0504. The summed E-state index contributed by atoms with van der Waals surface area (Å²) in [7, 11) is 2.02. The summed E-state index contributed by atoms with van der Waals surface area (Å²) < 4.78 is 0. The number of aryl methyl sites for hydroxylation is 1. The molecule has 1 amide bonds. The van der Waals surface area contributed by atoms with Crippen molar-refractivity contribution in [2.75, 3.05) is 13.6 Å². The number of aromatic nitrogens is 3. The molecule has 6 heteroatoms.